The van der Waals surface area contributed by atoms with Crippen LogP contribution in [-0.2, 0) is 13.1 Å². The second kappa shape index (κ2) is 9.00. The summed E-state index contributed by atoms with van der Waals surface area (Å²) in [5, 5.41) is 6.54. The molecular weight excluding hydrogens is 364 g/mol. The highest BCUT2D eigenvalue weighted by molar-refractivity contribution is 6.31. The zero-order valence-electron chi connectivity index (χ0n) is 14.8. The van der Waals surface area contributed by atoms with Crippen molar-refractivity contribution in [2.45, 2.75) is 13.1 Å². The number of rotatable bonds is 7. The van der Waals surface area contributed by atoms with Crippen molar-refractivity contribution in [1.82, 2.24) is 15.3 Å². The van der Waals surface area contributed by atoms with Crippen LogP contribution in [0.25, 0.3) is 0 Å². The van der Waals surface area contributed by atoms with Gasteiger partial charge in [-0.3, -0.25) is 4.79 Å². The number of carbonyl (C=O) groups is 1. The van der Waals surface area contributed by atoms with E-state index in [1.54, 1.807) is 13.2 Å². The van der Waals surface area contributed by atoms with Crippen molar-refractivity contribution in [3.63, 3.8) is 0 Å². The smallest absolute Gasteiger partial charge is 0.254 e. The van der Waals surface area contributed by atoms with Gasteiger partial charge in [-0.2, -0.15) is 0 Å². The summed E-state index contributed by atoms with van der Waals surface area (Å²) in [7, 11) is 1.63. The van der Waals surface area contributed by atoms with Gasteiger partial charge in [-0.1, -0.05) is 48.0 Å². The van der Waals surface area contributed by atoms with Gasteiger partial charge in [0.15, 0.2) is 0 Å². The highest BCUT2D eigenvalue weighted by atomic mass is 35.5. The van der Waals surface area contributed by atoms with Crippen molar-refractivity contribution < 1.29 is 9.53 Å². The summed E-state index contributed by atoms with van der Waals surface area (Å²) in [6.45, 7) is 0.856. The quantitative estimate of drug-likeness (QED) is 0.651. The monoisotopic (exact) mass is 382 g/mol. The number of anilines is 1. The average molecular weight is 383 g/mol. The Labute approximate surface area is 162 Å². The lowest BCUT2D eigenvalue weighted by Gasteiger charge is -2.10. The average Bonchev–Trinajstić information content (AvgIpc) is 2.72. The lowest BCUT2D eigenvalue weighted by atomic mass is 10.2. The van der Waals surface area contributed by atoms with Gasteiger partial charge in [0.2, 0.25) is 5.95 Å². The number of hydrogen-bond acceptors (Lipinski definition) is 5. The number of halogens is 1. The summed E-state index contributed by atoms with van der Waals surface area (Å²) in [5.41, 5.74) is 2.22. The van der Waals surface area contributed by atoms with E-state index < -0.39 is 0 Å². The molecule has 2 aromatic carbocycles. The molecular formula is C20H19ClN4O2. The number of nitrogens with one attached hydrogen (secondary N) is 2. The first-order chi connectivity index (χ1) is 13.2. The highest BCUT2D eigenvalue weighted by Gasteiger charge is 2.09. The first-order valence-electron chi connectivity index (χ1n) is 8.37. The van der Waals surface area contributed by atoms with Crippen LogP contribution in [0, 0.1) is 0 Å². The third kappa shape index (κ3) is 4.95. The molecule has 0 saturated heterocycles. The third-order valence-corrected chi connectivity index (χ3v) is 4.31. The molecule has 1 heterocycles. The van der Waals surface area contributed by atoms with Crippen LogP contribution < -0.4 is 15.4 Å². The fraction of sp³-hybridized carbons (Fsp3) is 0.150. The Morgan fingerprint density at radius 3 is 2.37 bits per heavy atom. The van der Waals surface area contributed by atoms with E-state index in [4.69, 9.17) is 16.3 Å². The summed E-state index contributed by atoms with van der Waals surface area (Å²) in [6, 6.07) is 15.1. The fourth-order valence-corrected chi connectivity index (χ4v) is 2.68. The number of ether oxygens (including phenoxy) is 1. The van der Waals surface area contributed by atoms with Gasteiger partial charge in [-0.15, -0.1) is 0 Å². The molecule has 138 valence electrons. The van der Waals surface area contributed by atoms with Gasteiger partial charge in [0.25, 0.3) is 5.91 Å². The highest BCUT2D eigenvalue weighted by Crippen LogP contribution is 2.18. The zero-order valence-corrected chi connectivity index (χ0v) is 15.5. The van der Waals surface area contributed by atoms with Gasteiger partial charge in [0, 0.05) is 36.1 Å². The molecule has 7 heteroatoms. The molecule has 6 nitrogen and oxygen atoms in total. The summed E-state index contributed by atoms with van der Waals surface area (Å²) in [4.78, 5) is 20.6. The molecule has 3 aromatic rings. The van der Waals surface area contributed by atoms with Gasteiger partial charge < -0.3 is 15.4 Å². The molecule has 2 N–H and O–H groups in total. The van der Waals surface area contributed by atoms with Gasteiger partial charge in [-0.25, -0.2) is 9.97 Å². The van der Waals surface area contributed by atoms with Crippen molar-refractivity contribution in [2.75, 3.05) is 12.4 Å². The minimum absolute atomic E-state index is 0.258. The third-order valence-electron chi connectivity index (χ3n) is 3.94. The molecule has 0 saturated carbocycles. The molecule has 0 aliphatic carbocycles. The van der Waals surface area contributed by atoms with E-state index in [0.29, 0.717) is 29.6 Å². The second-order valence-corrected chi connectivity index (χ2v) is 6.14. The molecule has 0 bridgehead atoms. The number of nitrogens with zero attached hydrogens (tertiary/aromatic N) is 2. The standard InChI is InChI=1S/C20H19ClN4O2/c1-27-18-9-5-3-7-15(18)11-23-20-24-12-16(13-25-20)19(26)22-10-14-6-2-4-8-17(14)21/h2-9,12-13H,10-11H2,1H3,(H,22,26)(H,23,24,25). The molecule has 0 unspecified atom stereocenters. The van der Waals surface area contributed by atoms with Crippen molar-refractivity contribution in [1.29, 1.82) is 0 Å². The van der Waals surface area contributed by atoms with Crippen LogP contribution in [-0.4, -0.2) is 23.0 Å². The first kappa shape index (κ1) is 18.7. The molecule has 0 spiro atoms. The Balaban J connectivity index is 1.56. The molecule has 0 atom stereocenters. The summed E-state index contributed by atoms with van der Waals surface area (Å²) < 4.78 is 5.31. The van der Waals surface area contributed by atoms with Gasteiger partial charge in [-0.05, 0) is 17.7 Å². The van der Waals surface area contributed by atoms with Crippen LogP contribution in [0.15, 0.2) is 60.9 Å². The normalized spacial score (nSPS) is 10.3. The Morgan fingerprint density at radius 2 is 1.67 bits per heavy atom. The van der Waals surface area contributed by atoms with Gasteiger partial charge in [0.05, 0.1) is 12.7 Å². The molecule has 0 aliphatic heterocycles. The predicted octanol–water partition coefficient (Wildman–Crippen LogP) is 3.68. The Morgan fingerprint density at radius 1 is 1.00 bits per heavy atom. The minimum Gasteiger partial charge on any atom is -0.496 e. The number of methoxy groups -OCH3 is 1. The lowest BCUT2D eigenvalue weighted by Crippen LogP contribution is -2.23. The lowest BCUT2D eigenvalue weighted by molar-refractivity contribution is 0.0950. The molecule has 1 aromatic heterocycles. The van der Waals surface area contributed by atoms with Crippen molar-refractivity contribution in [2.24, 2.45) is 0 Å². The maximum absolute atomic E-state index is 12.2. The molecule has 0 radical (unpaired) electrons. The van der Waals surface area contributed by atoms with Crippen molar-refractivity contribution >= 4 is 23.5 Å². The Kier molecular flexibility index (Phi) is 6.22. The second-order valence-electron chi connectivity index (χ2n) is 5.73. The van der Waals surface area contributed by atoms with Crippen molar-refractivity contribution in [3.8, 4) is 5.75 Å². The van der Waals surface area contributed by atoms with Crippen LogP contribution in [0.2, 0.25) is 5.02 Å². The van der Waals surface area contributed by atoms with Crippen molar-refractivity contribution in [3.05, 3.63) is 82.6 Å². The SMILES string of the molecule is COc1ccccc1CNc1ncc(C(=O)NCc2ccccc2Cl)cn1. The number of para-hydroxylation sites is 1. The summed E-state index contributed by atoms with van der Waals surface area (Å²) >= 11 is 6.09. The van der Waals surface area contributed by atoms with Crippen LogP contribution >= 0.6 is 11.6 Å². The Bertz CT molecular complexity index is 916. The van der Waals surface area contributed by atoms with Crippen LogP contribution in [0.1, 0.15) is 21.5 Å². The molecule has 0 fully saturated rings. The van der Waals surface area contributed by atoms with E-state index >= 15 is 0 Å². The zero-order chi connectivity index (χ0) is 19.1. The largest absolute Gasteiger partial charge is 0.496 e. The van der Waals surface area contributed by atoms with E-state index in [1.165, 1.54) is 12.4 Å². The van der Waals surface area contributed by atoms with Gasteiger partial charge in [0.1, 0.15) is 5.75 Å². The number of benzene rings is 2. The maximum atomic E-state index is 12.2. The number of amides is 1. The first-order valence-corrected chi connectivity index (χ1v) is 8.74. The topological polar surface area (TPSA) is 76.1 Å². The molecule has 27 heavy (non-hydrogen) atoms. The maximum Gasteiger partial charge on any atom is 0.254 e. The molecule has 0 aliphatic rings. The number of carbonyl (C=O) groups excluding carboxylic acids is 1. The van der Waals surface area contributed by atoms with Crippen LogP contribution in [0.3, 0.4) is 0 Å². The summed E-state index contributed by atoms with van der Waals surface area (Å²) in [5.74, 6) is 0.968. The van der Waals surface area contributed by atoms with E-state index in [0.717, 1.165) is 16.9 Å². The minimum atomic E-state index is -0.258. The van der Waals surface area contributed by atoms with E-state index in [-0.39, 0.29) is 5.91 Å². The molecule has 3 rings (SSSR count). The van der Waals surface area contributed by atoms with Crippen LogP contribution in [0.5, 0.6) is 5.75 Å². The predicted molar refractivity (Wildman–Crippen MR) is 105 cm³/mol. The number of hydrogen-bond donors (Lipinski definition) is 2. The molecule has 1 amide bonds. The van der Waals surface area contributed by atoms with Gasteiger partial charge >= 0.3 is 0 Å². The summed E-state index contributed by atoms with van der Waals surface area (Å²) in [6.07, 6.45) is 2.97. The fourth-order valence-electron chi connectivity index (χ4n) is 2.48. The van der Waals surface area contributed by atoms with E-state index in [2.05, 4.69) is 20.6 Å². The van der Waals surface area contributed by atoms with Crippen LogP contribution in [0.4, 0.5) is 5.95 Å². The number of aromatic nitrogens is 2. The Hall–Kier alpha value is -3.12. The van der Waals surface area contributed by atoms with E-state index in [1.807, 2.05) is 42.5 Å². The van der Waals surface area contributed by atoms with E-state index in [9.17, 15) is 4.79 Å².